The number of para-hydroxylation sites is 1. The fraction of sp³-hybridized carbons (Fsp3) is 0.286. The van der Waals surface area contributed by atoms with Crippen molar-refractivity contribution in [1.29, 1.82) is 0 Å². The molecule has 2 N–H and O–H groups in total. The summed E-state index contributed by atoms with van der Waals surface area (Å²) >= 11 is 0. The molecule has 0 bridgehead atoms. The number of carbonyl (C=O) groups is 1. The molecule has 1 aliphatic carbocycles. The SMILES string of the molecule is Cc1nc(F)ccc1-c1cccc2c(N)c3c(nc12)CN(C1CCC1)C3=O. The lowest BCUT2D eigenvalue weighted by molar-refractivity contribution is 0.0606. The molecule has 6 heteroatoms. The topological polar surface area (TPSA) is 72.1 Å². The Bertz CT molecular complexity index is 1110. The number of hydrogen-bond donors (Lipinski definition) is 1. The molecular formula is C21H19FN4O. The molecule has 1 aliphatic heterocycles. The zero-order valence-corrected chi connectivity index (χ0v) is 15.0. The van der Waals surface area contributed by atoms with Crippen LogP contribution >= 0.6 is 0 Å². The molecule has 27 heavy (non-hydrogen) atoms. The van der Waals surface area contributed by atoms with Crippen LogP contribution in [0.4, 0.5) is 10.1 Å². The molecule has 2 aliphatic rings. The number of halogens is 1. The number of nitrogen functional groups attached to an aromatic ring is 1. The Morgan fingerprint density at radius 3 is 2.67 bits per heavy atom. The van der Waals surface area contributed by atoms with Gasteiger partial charge < -0.3 is 10.6 Å². The van der Waals surface area contributed by atoms with Gasteiger partial charge in [0.05, 0.1) is 29.0 Å². The summed E-state index contributed by atoms with van der Waals surface area (Å²) in [6.45, 7) is 2.28. The molecule has 3 heterocycles. The quantitative estimate of drug-likeness (QED) is 0.703. The molecule has 1 fully saturated rings. The molecular weight excluding hydrogens is 343 g/mol. The Kier molecular flexibility index (Phi) is 3.44. The number of nitrogens with zero attached hydrogens (tertiary/aromatic N) is 3. The van der Waals surface area contributed by atoms with Crippen molar-refractivity contribution in [3.05, 3.63) is 53.2 Å². The van der Waals surface area contributed by atoms with Crippen molar-refractivity contribution in [1.82, 2.24) is 14.9 Å². The second-order valence-electron chi connectivity index (χ2n) is 7.33. The van der Waals surface area contributed by atoms with E-state index < -0.39 is 5.95 Å². The lowest BCUT2D eigenvalue weighted by Gasteiger charge is -2.34. The highest BCUT2D eigenvalue weighted by atomic mass is 19.1. The summed E-state index contributed by atoms with van der Waals surface area (Å²) in [4.78, 5) is 23.6. The van der Waals surface area contributed by atoms with Crippen molar-refractivity contribution >= 4 is 22.5 Å². The van der Waals surface area contributed by atoms with E-state index in [0.717, 1.165) is 47.0 Å². The maximum absolute atomic E-state index is 13.4. The number of amides is 1. The summed E-state index contributed by atoms with van der Waals surface area (Å²) in [6, 6.07) is 9.06. The van der Waals surface area contributed by atoms with Gasteiger partial charge in [0.15, 0.2) is 0 Å². The van der Waals surface area contributed by atoms with E-state index in [1.165, 1.54) is 6.07 Å². The lowest BCUT2D eigenvalue weighted by atomic mass is 9.92. The maximum atomic E-state index is 13.4. The van der Waals surface area contributed by atoms with Gasteiger partial charge >= 0.3 is 0 Å². The number of anilines is 1. The molecule has 2 aromatic heterocycles. The van der Waals surface area contributed by atoms with E-state index in [0.29, 0.717) is 29.5 Å². The number of aromatic nitrogens is 2. The molecule has 0 unspecified atom stereocenters. The first-order chi connectivity index (χ1) is 13.0. The van der Waals surface area contributed by atoms with Crippen LogP contribution < -0.4 is 5.73 Å². The Hall–Kier alpha value is -3.02. The van der Waals surface area contributed by atoms with Crippen LogP contribution in [0.3, 0.4) is 0 Å². The van der Waals surface area contributed by atoms with E-state index in [1.54, 1.807) is 13.0 Å². The largest absolute Gasteiger partial charge is 0.397 e. The molecule has 1 aromatic carbocycles. The lowest BCUT2D eigenvalue weighted by Crippen LogP contribution is -2.40. The van der Waals surface area contributed by atoms with Crippen molar-refractivity contribution in [2.75, 3.05) is 5.73 Å². The number of aryl methyl sites for hydroxylation is 1. The standard InChI is InChI=1S/C21H19FN4O/c1-11-13(8-9-17(22)24-11)14-6-3-7-15-19(23)18-16(25-20(14)15)10-26(21(18)27)12-4-2-5-12/h3,6-9,12H,2,4-5,10H2,1H3,(H2,23,25). The number of benzene rings is 1. The van der Waals surface area contributed by atoms with Gasteiger partial charge in [-0.1, -0.05) is 18.2 Å². The predicted octanol–water partition coefficient (Wildman–Crippen LogP) is 3.83. The summed E-state index contributed by atoms with van der Waals surface area (Å²) in [5.74, 6) is -0.516. The van der Waals surface area contributed by atoms with E-state index in [2.05, 4.69) is 4.98 Å². The Morgan fingerprint density at radius 1 is 1.15 bits per heavy atom. The zero-order chi connectivity index (χ0) is 18.7. The molecule has 0 spiro atoms. The molecule has 3 aromatic rings. The molecule has 1 saturated carbocycles. The highest BCUT2D eigenvalue weighted by Gasteiger charge is 2.38. The minimum Gasteiger partial charge on any atom is -0.397 e. The number of nitrogens with two attached hydrogens (primary N) is 1. The summed E-state index contributed by atoms with van der Waals surface area (Å²) in [7, 11) is 0. The van der Waals surface area contributed by atoms with Crippen LogP contribution in [0.15, 0.2) is 30.3 Å². The normalized spacial score (nSPS) is 16.7. The highest BCUT2D eigenvalue weighted by Crippen LogP contribution is 2.39. The van der Waals surface area contributed by atoms with Crippen LogP contribution in [0.5, 0.6) is 0 Å². The van der Waals surface area contributed by atoms with Gasteiger partial charge in [-0.05, 0) is 38.3 Å². The monoisotopic (exact) mass is 362 g/mol. The van der Waals surface area contributed by atoms with Gasteiger partial charge in [-0.2, -0.15) is 4.39 Å². The van der Waals surface area contributed by atoms with E-state index in [4.69, 9.17) is 10.7 Å². The highest BCUT2D eigenvalue weighted by molar-refractivity contribution is 6.11. The van der Waals surface area contributed by atoms with Crippen molar-refractivity contribution < 1.29 is 9.18 Å². The fourth-order valence-corrected chi connectivity index (χ4v) is 4.12. The third kappa shape index (κ3) is 2.32. The molecule has 0 atom stereocenters. The Balaban J connectivity index is 1.71. The fourth-order valence-electron chi connectivity index (χ4n) is 4.12. The minimum absolute atomic E-state index is 0.00775. The average Bonchev–Trinajstić information content (AvgIpc) is 2.90. The van der Waals surface area contributed by atoms with Gasteiger partial charge in [-0.15, -0.1) is 0 Å². The first kappa shape index (κ1) is 16.2. The third-order valence-electron chi connectivity index (χ3n) is 5.78. The molecule has 1 amide bonds. The number of pyridine rings is 2. The van der Waals surface area contributed by atoms with E-state index in [-0.39, 0.29) is 5.91 Å². The van der Waals surface area contributed by atoms with E-state index in [1.807, 2.05) is 23.1 Å². The van der Waals surface area contributed by atoms with Crippen LogP contribution in [0.1, 0.15) is 41.0 Å². The van der Waals surface area contributed by atoms with Crippen LogP contribution in [-0.2, 0) is 6.54 Å². The van der Waals surface area contributed by atoms with Gasteiger partial charge in [0.1, 0.15) is 0 Å². The Labute approximate surface area is 156 Å². The van der Waals surface area contributed by atoms with Crippen molar-refractivity contribution in [3.8, 4) is 11.1 Å². The second kappa shape index (κ2) is 5.74. The van der Waals surface area contributed by atoms with Gasteiger partial charge in [0, 0.05) is 28.2 Å². The van der Waals surface area contributed by atoms with Gasteiger partial charge in [-0.3, -0.25) is 4.79 Å². The smallest absolute Gasteiger partial charge is 0.258 e. The third-order valence-corrected chi connectivity index (χ3v) is 5.78. The first-order valence-electron chi connectivity index (χ1n) is 9.20. The van der Waals surface area contributed by atoms with Crippen LogP contribution in [0, 0.1) is 12.9 Å². The number of rotatable bonds is 2. The second-order valence-corrected chi connectivity index (χ2v) is 7.33. The van der Waals surface area contributed by atoms with Crippen molar-refractivity contribution in [2.24, 2.45) is 0 Å². The van der Waals surface area contributed by atoms with Crippen LogP contribution in [0.2, 0.25) is 0 Å². The molecule has 5 rings (SSSR count). The van der Waals surface area contributed by atoms with Crippen molar-refractivity contribution in [2.45, 2.75) is 38.8 Å². The van der Waals surface area contributed by atoms with Crippen LogP contribution in [0.25, 0.3) is 22.0 Å². The Morgan fingerprint density at radius 2 is 1.96 bits per heavy atom. The summed E-state index contributed by atoms with van der Waals surface area (Å²) in [6.07, 6.45) is 3.26. The van der Waals surface area contributed by atoms with E-state index >= 15 is 0 Å². The first-order valence-corrected chi connectivity index (χ1v) is 9.20. The molecule has 0 radical (unpaired) electrons. The van der Waals surface area contributed by atoms with Crippen molar-refractivity contribution in [3.63, 3.8) is 0 Å². The van der Waals surface area contributed by atoms with E-state index in [9.17, 15) is 9.18 Å². The van der Waals surface area contributed by atoms with Gasteiger partial charge in [-0.25, -0.2) is 9.97 Å². The summed E-state index contributed by atoms with van der Waals surface area (Å²) in [5, 5.41) is 0.749. The molecule has 136 valence electrons. The predicted molar refractivity (Wildman–Crippen MR) is 102 cm³/mol. The van der Waals surface area contributed by atoms with Gasteiger partial charge in [0.25, 0.3) is 5.91 Å². The maximum Gasteiger partial charge on any atom is 0.258 e. The summed E-state index contributed by atoms with van der Waals surface area (Å²) in [5.41, 5.74) is 11.2. The average molecular weight is 362 g/mol. The summed E-state index contributed by atoms with van der Waals surface area (Å²) < 4.78 is 13.4. The van der Waals surface area contributed by atoms with Gasteiger partial charge in [0.2, 0.25) is 5.95 Å². The minimum atomic E-state index is -0.508. The van der Waals surface area contributed by atoms with Crippen LogP contribution in [-0.4, -0.2) is 26.8 Å². The zero-order valence-electron chi connectivity index (χ0n) is 15.0. The molecule has 5 nitrogen and oxygen atoms in total. The number of hydrogen-bond acceptors (Lipinski definition) is 4. The number of carbonyl (C=O) groups excluding carboxylic acids is 1. The number of fused-ring (bicyclic) bond motifs is 2. The molecule has 0 saturated heterocycles.